The number of carbonyl (C=O) groups is 4. The molecule has 0 heterocycles. The maximum atomic E-state index is 11.6. The van der Waals surface area contributed by atoms with E-state index in [1.165, 1.54) is 7.05 Å². The summed E-state index contributed by atoms with van der Waals surface area (Å²) >= 11 is 0. The van der Waals surface area contributed by atoms with Gasteiger partial charge in [0.2, 0.25) is 5.91 Å². The van der Waals surface area contributed by atoms with E-state index in [4.69, 9.17) is 0 Å². The average Bonchev–Trinajstić information content (AvgIpc) is 2.51. The first-order valence-electron chi connectivity index (χ1n) is 6.49. The zero-order valence-corrected chi connectivity index (χ0v) is 12.0. The molecule has 0 aliphatic heterocycles. The molecular weight excluding hydrogens is 290 g/mol. The fraction of sp³-hybridized carbons (Fsp3) is 0.286. The van der Waals surface area contributed by atoms with E-state index in [1.807, 2.05) is 23.5 Å². The van der Waals surface area contributed by atoms with Crippen molar-refractivity contribution in [1.82, 2.24) is 16.0 Å². The van der Waals surface area contributed by atoms with Gasteiger partial charge in [0.15, 0.2) is 6.61 Å². The minimum atomic E-state index is -0.770. The first kappa shape index (κ1) is 17.2. The van der Waals surface area contributed by atoms with Crippen LogP contribution in [0, 0.1) is 0 Å². The van der Waals surface area contributed by atoms with Gasteiger partial charge in [0.25, 0.3) is 5.91 Å². The van der Waals surface area contributed by atoms with E-state index in [1.54, 1.807) is 12.1 Å². The minimum absolute atomic E-state index is 0.144. The second-order valence-electron chi connectivity index (χ2n) is 4.23. The van der Waals surface area contributed by atoms with Gasteiger partial charge in [0.05, 0.1) is 6.42 Å². The Labute approximate surface area is 127 Å². The normalized spacial score (nSPS) is 9.50. The largest absolute Gasteiger partial charge is 0.454 e. The molecule has 0 atom stereocenters. The Morgan fingerprint density at radius 3 is 2.36 bits per heavy atom. The fourth-order valence-corrected chi connectivity index (χ4v) is 1.44. The molecule has 8 heteroatoms. The number of rotatable bonds is 6. The highest BCUT2D eigenvalue weighted by Gasteiger charge is 2.11. The lowest BCUT2D eigenvalue weighted by molar-refractivity contribution is -0.148. The van der Waals surface area contributed by atoms with Gasteiger partial charge in [0.1, 0.15) is 6.54 Å². The highest BCUT2D eigenvalue weighted by molar-refractivity contribution is 5.95. The molecule has 0 saturated heterocycles. The first-order chi connectivity index (χ1) is 10.5. The summed E-state index contributed by atoms with van der Waals surface area (Å²) < 4.78 is 4.60. The second kappa shape index (κ2) is 9.11. The molecule has 0 unspecified atom stereocenters. The summed E-state index contributed by atoms with van der Waals surface area (Å²) in [4.78, 5) is 44.9. The van der Waals surface area contributed by atoms with Crippen LogP contribution in [0.2, 0.25) is 0 Å². The Morgan fingerprint density at radius 1 is 1.05 bits per heavy atom. The van der Waals surface area contributed by atoms with Crippen molar-refractivity contribution in [2.24, 2.45) is 0 Å². The van der Waals surface area contributed by atoms with Crippen molar-refractivity contribution in [2.75, 3.05) is 20.2 Å². The summed E-state index contributed by atoms with van der Waals surface area (Å²) in [5, 5.41) is 6.49. The number of nitrogens with one attached hydrogen (secondary N) is 3. The number of urea groups is 1. The Balaban J connectivity index is 2.21. The maximum absolute atomic E-state index is 11.6. The number of carbonyl (C=O) groups excluding carboxylic acids is 4. The zero-order chi connectivity index (χ0) is 16.4. The minimum Gasteiger partial charge on any atom is -0.454 e. The van der Waals surface area contributed by atoms with E-state index in [2.05, 4.69) is 15.4 Å². The number of amides is 4. The summed E-state index contributed by atoms with van der Waals surface area (Å²) in [7, 11) is 1.34. The van der Waals surface area contributed by atoms with Gasteiger partial charge in [-0.05, 0) is 5.56 Å². The third-order valence-electron chi connectivity index (χ3n) is 2.48. The lowest BCUT2D eigenvalue weighted by Gasteiger charge is -2.07. The number of esters is 1. The third-order valence-corrected chi connectivity index (χ3v) is 2.48. The van der Waals surface area contributed by atoms with Gasteiger partial charge < -0.3 is 15.4 Å². The number of ether oxygens (including phenoxy) is 1. The molecule has 0 spiro atoms. The molecule has 0 bridgehead atoms. The Hall–Kier alpha value is -2.90. The number of imide groups is 1. The lowest BCUT2D eigenvalue weighted by atomic mass is 10.1. The van der Waals surface area contributed by atoms with Crippen LogP contribution in [0.3, 0.4) is 0 Å². The van der Waals surface area contributed by atoms with Gasteiger partial charge in [0, 0.05) is 7.05 Å². The average molecular weight is 307 g/mol. The van der Waals surface area contributed by atoms with E-state index in [9.17, 15) is 19.2 Å². The summed E-state index contributed by atoms with van der Waals surface area (Å²) in [6.45, 7) is -0.945. The standard InChI is InChI=1S/C14H17N3O5/c1-15-14(21)17-12(19)9-22-13(20)8-16-11(18)7-10-5-3-2-4-6-10/h2-6H,7-9H2,1H3,(H,16,18)(H2,15,17,19,21). The van der Waals surface area contributed by atoms with Crippen molar-refractivity contribution < 1.29 is 23.9 Å². The first-order valence-corrected chi connectivity index (χ1v) is 6.49. The van der Waals surface area contributed by atoms with Crippen LogP contribution in [0.4, 0.5) is 4.79 Å². The van der Waals surface area contributed by atoms with Crippen molar-refractivity contribution in [3.8, 4) is 0 Å². The van der Waals surface area contributed by atoms with Crippen molar-refractivity contribution in [2.45, 2.75) is 6.42 Å². The maximum Gasteiger partial charge on any atom is 0.325 e. The summed E-state index contributed by atoms with van der Waals surface area (Å²) in [6, 6.07) is 8.34. The predicted octanol–water partition coefficient (Wildman–Crippen LogP) is -0.656. The zero-order valence-electron chi connectivity index (χ0n) is 12.0. The van der Waals surface area contributed by atoms with Crippen LogP contribution in [0.5, 0.6) is 0 Å². The highest BCUT2D eigenvalue weighted by atomic mass is 16.5. The van der Waals surface area contributed by atoms with Crippen LogP contribution in [-0.4, -0.2) is 44.0 Å². The molecule has 0 aliphatic rings. The lowest BCUT2D eigenvalue weighted by Crippen LogP contribution is -2.40. The van der Waals surface area contributed by atoms with Crippen LogP contribution < -0.4 is 16.0 Å². The molecule has 0 saturated carbocycles. The molecular formula is C14H17N3O5. The molecule has 0 fully saturated rings. The molecule has 1 rings (SSSR count). The Morgan fingerprint density at radius 2 is 1.73 bits per heavy atom. The quantitative estimate of drug-likeness (QED) is 0.604. The van der Waals surface area contributed by atoms with Gasteiger partial charge in [-0.2, -0.15) is 0 Å². The fourth-order valence-electron chi connectivity index (χ4n) is 1.44. The van der Waals surface area contributed by atoms with Gasteiger partial charge >= 0.3 is 12.0 Å². The molecule has 1 aromatic carbocycles. The van der Waals surface area contributed by atoms with Crippen LogP contribution in [0.15, 0.2) is 30.3 Å². The molecule has 0 aliphatic carbocycles. The number of hydrogen-bond acceptors (Lipinski definition) is 5. The van der Waals surface area contributed by atoms with Crippen molar-refractivity contribution in [1.29, 1.82) is 0 Å². The van der Waals surface area contributed by atoms with E-state index in [0.29, 0.717) is 0 Å². The molecule has 0 aromatic heterocycles. The third kappa shape index (κ3) is 7.04. The Bertz CT molecular complexity index is 545. The van der Waals surface area contributed by atoms with E-state index < -0.39 is 24.5 Å². The number of hydrogen-bond donors (Lipinski definition) is 3. The molecule has 118 valence electrons. The second-order valence-corrected chi connectivity index (χ2v) is 4.23. The van der Waals surface area contributed by atoms with Crippen LogP contribution in [-0.2, 0) is 25.5 Å². The summed E-state index contributed by atoms with van der Waals surface area (Å²) in [5.41, 5.74) is 0.818. The van der Waals surface area contributed by atoms with Crippen LogP contribution >= 0.6 is 0 Å². The number of benzene rings is 1. The van der Waals surface area contributed by atoms with Gasteiger partial charge in [-0.1, -0.05) is 30.3 Å². The molecule has 0 radical (unpaired) electrons. The van der Waals surface area contributed by atoms with E-state index in [0.717, 1.165) is 5.56 Å². The van der Waals surface area contributed by atoms with Crippen molar-refractivity contribution >= 4 is 23.8 Å². The van der Waals surface area contributed by atoms with Gasteiger partial charge in [-0.25, -0.2) is 4.79 Å². The predicted molar refractivity (Wildman–Crippen MR) is 76.7 cm³/mol. The smallest absolute Gasteiger partial charge is 0.325 e. The van der Waals surface area contributed by atoms with Crippen molar-refractivity contribution in [3.05, 3.63) is 35.9 Å². The van der Waals surface area contributed by atoms with E-state index in [-0.39, 0.29) is 18.9 Å². The molecule has 8 nitrogen and oxygen atoms in total. The molecule has 4 amide bonds. The topological polar surface area (TPSA) is 114 Å². The summed E-state index contributed by atoms with van der Waals surface area (Å²) in [5.74, 6) is -1.87. The molecule has 1 aromatic rings. The van der Waals surface area contributed by atoms with Gasteiger partial charge in [-0.15, -0.1) is 0 Å². The highest BCUT2D eigenvalue weighted by Crippen LogP contribution is 1.98. The van der Waals surface area contributed by atoms with Crippen LogP contribution in [0.1, 0.15) is 5.56 Å². The molecule has 3 N–H and O–H groups in total. The Kier molecular flexibility index (Phi) is 7.10. The van der Waals surface area contributed by atoms with Crippen LogP contribution in [0.25, 0.3) is 0 Å². The van der Waals surface area contributed by atoms with E-state index >= 15 is 0 Å². The van der Waals surface area contributed by atoms with Gasteiger partial charge in [-0.3, -0.25) is 19.7 Å². The SMILES string of the molecule is CNC(=O)NC(=O)COC(=O)CNC(=O)Cc1ccccc1. The summed E-state index contributed by atoms with van der Waals surface area (Å²) in [6.07, 6.45) is 0.144. The molecule has 22 heavy (non-hydrogen) atoms. The monoisotopic (exact) mass is 307 g/mol. The van der Waals surface area contributed by atoms with Crippen molar-refractivity contribution in [3.63, 3.8) is 0 Å².